The maximum atomic E-state index is 11.8. The molecule has 1 unspecified atom stereocenters. The molecule has 1 atom stereocenters. The Morgan fingerprint density at radius 1 is 1.29 bits per heavy atom. The Kier molecular flexibility index (Phi) is 5.92. The van der Waals surface area contributed by atoms with E-state index in [9.17, 15) is 9.59 Å². The van der Waals surface area contributed by atoms with E-state index < -0.39 is 5.97 Å². The SMILES string of the molecule is O=C(O)CCc1ccc(NC(=O)NCC2CCSC2)cc1. The molecule has 0 aliphatic carbocycles. The third kappa shape index (κ3) is 5.67. The van der Waals surface area contributed by atoms with Crippen LogP contribution in [-0.4, -0.2) is 35.2 Å². The van der Waals surface area contributed by atoms with Gasteiger partial charge in [-0.1, -0.05) is 12.1 Å². The highest BCUT2D eigenvalue weighted by atomic mass is 32.2. The molecule has 1 fully saturated rings. The number of hydrogen-bond donors (Lipinski definition) is 3. The topological polar surface area (TPSA) is 78.4 Å². The van der Waals surface area contributed by atoms with E-state index in [1.807, 2.05) is 23.9 Å². The zero-order valence-corrected chi connectivity index (χ0v) is 12.6. The van der Waals surface area contributed by atoms with Crippen LogP contribution in [0.2, 0.25) is 0 Å². The fourth-order valence-electron chi connectivity index (χ4n) is 2.16. The van der Waals surface area contributed by atoms with Gasteiger partial charge >= 0.3 is 12.0 Å². The summed E-state index contributed by atoms with van der Waals surface area (Å²) >= 11 is 1.93. The zero-order valence-electron chi connectivity index (χ0n) is 11.8. The molecule has 0 aromatic heterocycles. The van der Waals surface area contributed by atoms with Crippen LogP contribution in [0.25, 0.3) is 0 Å². The normalized spacial score (nSPS) is 17.4. The van der Waals surface area contributed by atoms with Crippen LogP contribution >= 0.6 is 11.8 Å². The van der Waals surface area contributed by atoms with Gasteiger partial charge in [-0.3, -0.25) is 4.79 Å². The summed E-state index contributed by atoms with van der Waals surface area (Å²) in [6, 6.07) is 7.08. The Morgan fingerprint density at radius 2 is 2.05 bits per heavy atom. The van der Waals surface area contributed by atoms with E-state index in [4.69, 9.17) is 5.11 Å². The maximum absolute atomic E-state index is 11.8. The summed E-state index contributed by atoms with van der Waals surface area (Å²) in [6.45, 7) is 0.718. The number of thioether (sulfide) groups is 1. The maximum Gasteiger partial charge on any atom is 0.319 e. The van der Waals surface area contributed by atoms with Crippen molar-refractivity contribution in [1.82, 2.24) is 5.32 Å². The average Bonchev–Trinajstić information content (AvgIpc) is 2.98. The lowest BCUT2D eigenvalue weighted by atomic mass is 10.1. The minimum atomic E-state index is -0.804. The molecule has 2 amide bonds. The third-order valence-corrected chi connectivity index (χ3v) is 4.65. The van der Waals surface area contributed by atoms with E-state index in [-0.39, 0.29) is 12.5 Å². The largest absolute Gasteiger partial charge is 0.481 e. The number of amides is 2. The van der Waals surface area contributed by atoms with Gasteiger partial charge in [0.05, 0.1) is 0 Å². The summed E-state index contributed by atoms with van der Waals surface area (Å²) in [5.74, 6) is 2.09. The van der Waals surface area contributed by atoms with Gasteiger partial charge in [-0.25, -0.2) is 4.79 Å². The number of nitrogens with one attached hydrogen (secondary N) is 2. The summed E-state index contributed by atoms with van der Waals surface area (Å²) in [4.78, 5) is 22.3. The summed E-state index contributed by atoms with van der Waals surface area (Å²) in [7, 11) is 0. The molecule has 114 valence electrons. The average molecular weight is 308 g/mol. The predicted molar refractivity (Wildman–Crippen MR) is 84.9 cm³/mol. The van der Waals surface area contributed by atoms with Crippen molar-refractivity contribution in [2.45, 2.75) is 19.3 Å². The molecular weight excluding hydrogens is 288 g/mol. The highest BCUT2D eigenvalue weighted by Crippen LogP contribution is 2.22. The van der Waals surface area contributed by atoms with E-state index in [1.165, 1.54) is 12.2 Å². The monoisotopic (exact) mass is 308 g/mol. The zero-order chi connectivity index (χ0) is 15.1. The fraction of sp³-hybridized carbons (Fsp3) is 0.467. The molecule has 5 nitrogen and oxygen atoms in total. The highest BCUT2D eigenvalue weighted by Gasteiger charge is 2.15. The molecule has 3 N–H and O–H groups in total. The number of aliphatic carboxylic acids is 1. The van der Waals surface area contributed by atoms with Crippen molar-refractivity contribution < 1.29 is 14.7 Å². The van der Waals surface area contributed by atoms with E-state index in [1.54, 1.807) is 12.1 Å². The first-order chi connectivity index (χ1) is 10.1. The van der Waals surface area contributed by atoms with E-state index in [0.717, 1.165) is 17.9 Å². The number of carboxylic acids is 1. The first-order valence-electron chi connectivity index (χ1n) is 7.07. The fourth-order valence-corrected chi connectivity index (χ4v) is 3.45. The van der Waals surface area contributed by atoms with Crippen molar-refractivity contribution in [2.75, 3.05) is 23.4 Å². The highest BCUT2D eigenvalue weighted by molar-refractivity contribution is 7.99. The molecule has 1 aromatic carbocycles. The summed E-state index contributed by atoms with van der Waals surface area (Å²) in [6.07, 6.45) is 1.79. The minimum absolute atomic E-state index is 0.118. The molecule has 21 heavy (non-hydrogen) atoms. The number of rotatable bonds is 6. The smallest absolute Gasteiger partial charge is 0.319 e. The summed E-state index contributed by atoms with van der Waals surface area (Å²) in [5.41, 5.74) is 1.67. The Bertz CT molecular complexity index is 484. The van der Waals surface area contributed by atoms with Crippen LogP contribution in [0.5, 0.6) is 0 Å². The van der Waals surface area contributed by atoms with Gasteiger partial charge in [-0.2, -0.15) is 11.8 Å². The van der Waals surface area contributed by atoms with Gasteiger partial charge in [-0.05, 0) is 48.0 Å². The van der Waals surface area contributed by atoms with Gasteiger partial charge in [0.2, 0.25) is 0 Å². The van der Waals surface area contributed by atoms with Crippen molar-refractivity contribution in [3.8, 4) is 0 Å². The molecule has 0 radical (unpaired) electrons. The number of urea groups is 1. The molecule has 0 bridgehead atoms. The van der Waals surface area contributed by atoms with E-state index in [0.29, 0.717) is 18.0 Å². The van der Waals surface area contributed by atoms with E-state index >= 15 is 0 Å². The van der Waals surface area contributed by atoms with Crippen molar-refractivity contribution in [2.24, 2.45) is 5.92 Å². The first kappa shape index (κ1) is 15.7. The second kappa shape index (κ2) is 7.93. The van der Waals surface area contributed by atoms with Crippen molar-refractivity contribution in [3.63, 3.8) is 0 Å². The van der Waals surface area contributed by atoms with Crippen LogP contribution in [-0.2, 0) is 11.2 Å². The molecule has 1 aromatic rings. The summed E-state index contributed by atoms with van der Waals surface area (Å²) < 4.78 is 0. The predicted octanol–water partition coefficient (Wildman–Crippen LogP) is 2.58. The molecule has 1 aliphatic heterocycles. The van der Waals surface area contributed by atoms with Crippen LogP contribution in [0.15, 0.2) is 24.3 Å². The molecule has 6 heteroatoms. The Hall–Kier alpha value is -1.69. The number of carbonyl (C=O) groups is 2. The van der Waals surface area contributed by atoms with Gasteiger partial charge in [-0.15, -0.1) is 0 Å². The Morgan fingerprint density at radius 3 is 2.67 bits per heavy atom. The van der Waals surface area contributed by atoms with Gasteiger partial charge in [0.1, 0.15) is 0 Å². The van der Waals surface area contributed by atoms with Gasteiger partial charge in [0.15, 0.2) is 0 Å². The third-order valence-electron chi connectivity index (χ3n) is 3.41. The quantitative estimate of drug-likeness (QED) is 0.755. The lowest BCUT2D eigenvalue weighted by molar-refractivity contribution is -0.136. The van der Waals surface area contributed by atoms with Crippen LogP contribution in [0.1, 0.15) is 18.4 Å². The number of carboxylic acid groups (broad SMARTS) is 1. The second-order valence-electron chi connectivity index (χ2n) is 5.16. The van der Waals surface area contributed by atoms with Gasteiger partial charge in [0, 0.05) is 18.7 Å². The number of benzene rings is 1. The summed E-state index contributed by atoms with van der Waals surface area (Å²) in [5, 5.41) is 14.3. The van der Waals surface area contributed by atoms with Crippen LogP contribution in [0.3, 0.4) is 0 Å². The second-order valence-corrected chi connectivity index (χ2v) is 6.31. The Balaban J connectivity index is 1.73. The Labute approximate surface area is 128 Å². The lowest BCUT2D eigenvalue weighted by Crippen LogP contribution is -2.33. The number of hydrogen-bond acceptors (Lipinski definition) is 3. The van der Waals surface area contributed by atoms with Crippen molar-refractivity contribution in [3.05, 3.63) is 29.8 Å². The minimum Gasteiger partial charge on any atom is -0.481 e. The lowest BCUT2D eigenvalue weighted by Gasteiger charge is -2.11. The molecule has 0 saturated carbocycles. The van der Waals surface area contributed by atoms with E-state index in [2.05, 4.69) is 10.6 Å². The first-order valence-corrected chi connectivity index (χ1v) is 8.22. The van der Waals surface area contributed by atoms with Gasteiger partial charge in [0.25, 0.3) is 0 Å². The molecule has 1 aliphatic rings. The van der Waals surface area contributed by atoms with Crippen LogP contribution in [0.4, 0.5) is 10.5 Å². The number of anilines is 1. The standard InChI is InChI=1S/C15H20N2O3S/c18-14(19)6-3-11-1-4-13(5-2-11)17-15(20)16-9-12-7-8-21-10-12/h1-2,4-5,12H,3,6-10H2,(H,18,19)(H2,16,17,20). The van der Waals surface area contributed by atoms with Crippen LogP contribution in [0, 0.1) is 5.92 Å². The van der Waals surface area contributed by atoms with Crippen molar-refractivity contribution >= 4 is 29.4 Å². The van der Waals surface area contributed by atoms with Crippen molar-refractivity contribution in [1.29, 1.82) is 0 Å². The molecule has 1 saturated heterocycles. The number of aryl methyl sites for hydroxylation is 1. The molecule has 0 spiro atoms. The molecular formula is C15H20N2O3S. The molecule has 1 heterocycles. The number of carbonyl (C=O) groups excluding carboxylic acids is 1. The van der Waals surface area contributed by atoms with Gasteiger partial charge < -0.3 is 15.7 Å². The molecule has 2 rings (SSSR count). The van der Waals surface area contributed by atoms with Crippen LogP contribution < -0.4 is 10.6 Å².